The first-order valence-electron chi connectivity index (χ1n) is 23.2. The van der Waals surface area contributed by atoms with Gasteiger partial charge in [0.15, 0.2) is 0 Å². The van der Waals surface area contributed by atoms with Crippen molar-refractivity contribution in [3.8, 4) is 17.2 Å². The van der Waals surface area contributed by atoms with Crippen molar-refractivity contribution in [2.24, 2.45) is 11.3 Å². The molecule has 2 aromatic heterocycles. The van der Waals surface area contributed by atoms with Crippen LogP contribution in [-0.4, -0.2) is 82.9 Å². The predicted molar refractivity (Wildman–Crippen MR) is 250 cm³/mol. The van der Waals surface area contributed by atoms with Crippen LogP contribution < -0.4 is 19.1 Å². The normalized spacial score (nSPS) is 23.4. The maximum atomic E-state index is 14.7. The summed E-state index contributed by atoms with van der Waals surface area (Å²) in [6.07, 6.45) is 11.8. The third-order valence-corrected chi connectivity index (χ3v) is 17.6. The van der Waals surface area contributed by atoms with Crippen molar-refractivity contribution in [1.29, 1.82) is 0 Å². The number of pyridine rings is 1. The topological polar surface area (TPSA) is 180 Å². The number of carbonyl (C=O) groups excluding carboxylic acids is 1. The number of carbonyl (C=O) groups is 1. The number of thioether (sulfide) groups is 1. The van der Waals surface area contributed by atoms with Gasteiger partial charge in [-0.3, -0.25) is 19.8 Å². The Balaban J connectivity index is 0.865. The van der Waals surface area contributed by atoms with E-state index in [9.17, 15) is 32.8 Å². The van der Waals surface area contributed by atoms with Crippen LogP contribution >= 0.6 is 11.8 Å². The monoisotopic (exact) mass is 938 g/mol. The van der Waals surface area contributed by atoms with Gasteiger partial charge in [0, 0.05) is 60.5 Å². The third kappa shape index (κ3) is 8.63. The van der Waals surface area contributed by atoms with E-state index >= 15 is 0 Å². The standard InChI is InChI=1S/C49H55FN6O8S2/c1-29(2)36-6-3-4-7-37(36)41-8-5-17-55(41)32-24-49(25-32)15-18-54(19-16-49)31-11-14-38(43(20-31)64-34-21-39-40(50)27-52-47(39)51-26-34)48(58)53-66(61,62)35-22-42(56(59)60)46-44(23-35)63-28-45(65-46)30-9-12-33(57)13-10-30/h3-4,6-7,11,14,20-23,26-27,29-30,32-33,41,45,57H,5,8-10,12-13,15-19,24-25,28H2,1-2H3,(H,51,52)(H,53,58)/t30-,33-,41-,45+/m0/s1. The third-order valence-electron chi connectivity index (χ3n) is 14.8. The van der Waals surface area contributed by atoms with Crippen LogP contribution in [0.2, 0.25) is 0 Å². The molecule has 0 radical (unpaired) electrons. The van der Waals surface area contributed by atoms with Crippen molar-refractivity contribution in [2.45, 2.75) is 117 Å². The molecule has 17 heteroatoms. The first-order valence-corrected chi connectivity index (χ1v) is 25.5. The molecular weight excluding hydrogens is 884 g/mol. The van der Waals surface area contributed by atoms with Gasteiger partial charge in [-0.15, -0.1) is 11.8 Å². The van der Waals surface area contributed by atoms with Gasteiger partial charge >= 0.3 is 0 Å². The summed E-state index contributed by atoms with van der Waals surface area (Å²) in [7, 11) is -4.69. The number of nitrogens with zero attached hydrogens (tertiary/aromatic N) is 4. The van der Waals surface area contributed by atoms with Gasteiger partial charge in [-0.2, -0.15) is 0 Å². The van der Waals surface area contributed by atoms with Gasteiger partial charge < -0.3 is 24.5 Å². The number of aromatic nitrogens is 2. The van der Waals surface area contributed by atoms with Crippen LogP contribution in [0.3, 0.4) is 0 Å². The lowest BCUT2D eigenvalue weighted by molar-refractivity contribution is -0.388. The fourth-order valence-electron chi connectivity index (χ4n) is 11.2. The number of nitrogens with one attached hydrogen (secondary N) is 2. The maximum Gasteiger partial charge on any atom is 0.288 e. The Morgan fingerprint density at radius 3 is 2.59 bits per heavy atom. The molecule has 2 aliphatic carbocycles. The second-order valence-corrected chi connectivity index (χ2v) is 22.1. The summed E-state index contributed by atoms with van der Waals surface area (Å²) in [6.45, 7) is 7.47. The van der Waals surface area contributed by atoms with Gasteiger partial charge in [0.2, 0.25) is 0 Å². The number of likely N-dealkylation sites (tertiary alicyclic amines) is 1. The number of rotatable bonds is 11. The quantitative estimate of drug-likeness (QED) is 0.0845. The largest absolute Gasteiger partial charge is 0.491 e. The average molecular weight is 939 g/mol. The molecule has 1 amide bonds. The average Bonchev–Trinajstić information content (AvgIpc) is 3.94. The van der Waals surface area contributed by atoms with E-state index in [2.05, 4.69) is 62.6 Å². The highest BCUT2D eigenvalue weighted by Gasteiger charge is 2.50. The Morgan fingerprint density at radius 1 is 1.06 bits per heavy atom. The molecular formula is C49H55FN6O8S2. The Bertz CT molecular complexity index is 2780. The lowest BCUT2D eigenvalue weighted by atomic mass is 9.59. The van der Waals surface area contributed by atoms with Crippen LogP contribution in [-0.2, 0) is 10.0 Å². The molecule has 2 saturated carbocycles. The highest BCUT2D eigenvalue weighted by atomic mass is 32.2. The number of hydrogen-bond acceptors (Lipinski definition) is 12. The van der Waals surface area contributed by atoms with Gasteiger partial charge in [-0.05, 0) is 117 Å². The molecule has 5 aromatic rings. The van der Waals surface area contributed by atoms with Crippen molar-refractivity contribution in [3.63, 3.8) is 0 Å². The summed E-state index contributed by atoms with van der Waals surface area (Å²) >= 11 is 1.29. The van der Waals surface area contributed by atoms with Crippen LogP contribution in [0, 0.1) is 27.3 Å². The summed E-state index contributed by atoms with van der Waals surface area (Å²) in [6, 6.07) is 18.5. The van der Waals surface area contributed by atoms with E-state index in [1.165, 1.54) is 79.2 Å². The molecule has 4 fully saturated rings. The van der Waals surface area contributed by atoms with Gasteiger partial charge in [-0.25, -0.2) is 22.5 Å². The minimum atomic E-state index is -4.69. The lowest BCUT2D eigenvalue weighted by Crippen LogP contribution is -2.54. The smallest absolute Gasteiger partial charge is 0.288 e. The van der Waals surface area contributed by atoms with E-state index in [1.54, 1.807) is 12.1 Å². The zero-order chi connectivity index (χ0) is 45.9. The molecule has 0 bridgehead atoms. The number of ether oxygens (including phenoxy) is 2. The van der Waals surface area contributed by atoms with Crippen LogP contribution in [0.25, 0.3) is 11.0 Å². The molecule has 3 aromatic carbocycles. The number of piperidine rings is 1. The first-order chi connectivity index (χ1) is 31.7. The molecule has 2 atom stereocenters. The number of benzene rings is 3. The number of aliphatic hydroxyl groups excluding tert-OH is 1. The minimum Gasteiger partial charge on any atom is -0.491 e. The summed E-state index contributed by atoms with van der Waals surface area (Å²) in [4.78, 5) is 37.6. The molecule has 14 nitrogen and oxygen atoms in total. The number of halogens is 1. The SMILES string of the molecule is CC(C)c1ccccc1[C@@H]1CCCN1C1CC2(CCN(c3ccc(C(=O)NS(=O)(=O)c4cc5c(c([N+](=O)[O-])c4)S[C@@H]([C@H]4CC[C@H](O)CC4)CO5)c(Oc4cnc5[nH]cc(F)c5c4)c3)CC2)C1. The molecule has 5 aliphatic rings. The molecule has 10 rings (SSSR count). The van der Waals surface area contributed by atoms with Crippen molar-refractivity contribution in [3.05, 3.63) is 106 Å². The Morgan fingerprint density at radius 2 is 1.83 bits per heavy atom. The number of fused-ring (bicyclic) bond motifs is 2. The van der Waals surface area contributed by atoms with Gasteiger partial charge in [0.05, 0.1) is 33.1 Å². The number of nitro benzene ring substituents is 1. The number of aliphatic hydroxyl groups is 1. The minimum absolute atomic E-state index is 0.0282. The summed E-state index contributed by atoms with van der Waals surface area (Å²) < 4.78 is 56.9. The van der Waals surface area contributed by atoms with Crippen molar-refractivity contribution < 1.29 is 37.1 Å². The van der Waals surface area contributed by atoms with E-state index < -0.39 is 37.3 Å². The number of hydrogen-bond donors (Lipinski definition) is 3. The Labute approximate surface area is 387 Å². The first kappa shape index (κ1) is 44.6. The van der Waals surface area contributed by atoms with E-state index in [4.69, 9.17) is 9.47 Å². The van der Waals surface area contributed by atoms with Crippen molar-refractivity contribution >= 4 is 50.1 Å². The van der Waals surface area contributed by atoms with E-state index in [0.717, 1.165) is 57.1 Å². The molecule has 0 unspecified atom stereocenters. The van der Waals surface area contributed by atoms with Crippen LogP contribution in [0.15, 0.2) is 82.8 Å². The van der Waals surface area contributed by atoms with Gasteiger partial charge in [-0.1, -0.05) is 38.1 Å². The summed E-state index contributed by atoms with van der Waals surface area (Å²) in [5.41, 5.74) is 3.72. The highest BCUT2D eigenvalue weighted by molar-refractivity contribution is 8.00. The number of aromatic amines is 1. The zero-order valence-electron chi connectivity index (χ0n) is 37.1. The molecule has 66 heavy (non-hydrogen) atoms. The Kier molecular flexibility index (Phi) is 12.0. The number of sulfonamides is 1. The van der Waals surface area contributed by atoms with E-state index in [0.29, 0.717) is 36.5 Å². The molecule has 3 N–H and O–H groups in total. The van der Waals surface area contributed by atoms with Crippen LogP contribution in [0.4, 0.5) is 15.8 Å². The number of amides is 1. The molecule has 2 saturated heterocycles. The number of anilines is 1. The zero-order valence-corrected chi connectivity index (χ0v) is 38.7. The predicted octanol–water partition coefficient (Wildman–Crippen LogP) is 9.63. The second kappa shape index (κ2) is 17.8. The Hall–Kier alpha value is -5.23. The van der Waals surface area contributed by atoms with Crippen molar-refractivity contribution in [2.75, 3.05) is 31.1 Å². The van der Waals surface area contributed by atoms with Crippen LogP contribution in [0.1, 0.15) is 112 Å². The fourth-order valence-corrected chi connectivity index (χ4v) is 13.6. The van der Waals surface area contributed by atoms with E-state index in [-0.39, 0.29) is 62.4 Å². The number of H-pyrrole nitrogens is 1. The molecule has 348 valence electrons. The van der Waals surface area contributed by atoms with Gasteiger partial charge in [0.1, 0.15) is 40.2 Å². The number of nitro groups is 1. The van der Waals surface area contributed by atoms with E-state index in [1.807, 2.05) is 0 Å². The summed E-state index contributed by atoms with van der Waals surface area (Å²) in [5.74, 6) is -0.686. The van der Waals surface area contributed by atoms with Crippen molar-refractivity contribution in [1.82, 2.24) is 19.6 Å². The van der Waals surface area contributed by atoms with Gasteiger partial charge in [0.25, 0.3) is 21.6 Å². The summed E-state index contributed by atoms with van der Waals surface area (Å²) in [5, 5.41) is 22.4. The van der Waals surface area contributed by atoms with Crippen LogP contribution in [0.5, 0.6) is 17.2 Å². The maximum absolute atomic E-state index is 14.7. The molecule has 3 aliphatic heterocycles. The second-order valence-electron chi connectivity index (χ2n) is 19.2. The molecule has 1 spiro atoms. The molecule has 5 heterocycles. The lowest BCUT2D eigenvalue weighted by Gasteiger charge is -2.56. The highest BCUT2D eigenvalue weighted by Crippen LogP contribution is 2.55. The fraction of sp³-hybridized carbons (Fsp3) is 0.469.